The number of rotatable bonds is 1. The number of halogens is 3. The summed E-state index contributed by atoms with van der Waals surface area (Å²) in [7, 11) is -4.71. The summed E-state index contributed by atoms with van der Waals surface area (Å²) in [6.45, 7) is 1.14. The minimum Gasteiger partial charge on any atom is -0.744 e. The highest BCUT2D eigenvalue weighted by atomic mass is 32.2. The fourth-order valence-electron chi connectivity index (χ4n) is 1.11. The van der Waals surface area contributed by atoms with Gasteiger partial charge < -0.3 is 4.55 Å². The molecule has 0 amide bonds. The third kappa shape index (κ3) is 2.69. The lowest BCUT2D eigenvalue weighted by Gasteiger charge is -2.13. The third-order valence-electron chi connectivity index (χ3n) is 1.77. The molecule has 0 atom stereocenters. The summed E-state index contributed by atoms with van der Waals surface area (Å²) >= 11 is 0. The van der Waals surface area contributed by atoms with Gasteiger partial charge in [-0.05, 0) is 30.7 Å². The largest absolute Gasteiger partial charge is 0.744 e. The summed E-state index contributed by atoms with van der Waals surface area (Å²) in [6.07, 6.45) is -4.55. The zero-order valence-electron chi connectivity index (χ0n) is 7.50. The minimum atomic E-state index is -4.71. The molecule has 0 aliphatic heterocycles. The van der Waals surface area contributed by atoms with Gasteiger partial charge in [-0.1, -0.05) is 0 Å². The van der Waals surface area contributed by atoms with E-state index in [-0.39, 0.29) is 5.56 Å². The van der Waals surface area contributed by atoms with Gasteiger partial charge in [0.15, 0.2) is 0 Å². The van der Waals surface area contributed by atoms with Crippen LogP contribution in [-0.4, -0.2) is 13.0 Å². The average Bonchev–Trinajstić information content (AvgIpc) is 1.99. The van der Waals surface area contributed by atoms with E-state index in [1.807, 2.05) is 0 Å². The monoisotopic (exact) mass is 239 g/mol. The number of alkyl halides is 3. The highest BCUT2D eigenvalue weighted by Gasteiger charge is 2.30. The standard InChI is InChI=1S/C8H7F3O3S/c1-5-4-6(8(9,10)11)2-3-7(5)15(12,13)14/h2-4H,1H3,(H,12,13,14)/p-1. The maximum atomic E-state index is 12.2. The van der Waals surface area contributed by atoms with Gasteiger partial charge in [-0.25, -0.2) is 8.42 Å². The fourth-order valence-corrected chi connectivity index (χ4v) is 1.79. The van der Waals surface area contributed by atoms with Crippen molar-refractivity contribution in [1.82, 2.24) is 0 Å². The zero-order chi connectivity index (χ0) is 11.9. The van der Waals surface area contributed by atoms with Gasteiger partial charge >= 0.3 is 6.18 Å². The summed E-state index contributed by atoms with van der Waals surface area (Å²) < 4.78 is 68.2. The average molecular weight is 239 g/mol. The zero-order valence-corrected chi connectivity index (χ0v) is 8.32. The molecule has 0 heterocycles. The van der Waals surface area contributed by atoms with E-state index in [0.29, 0.717) is 18.2 Å². The van der Waals surface area contributed by atoms with Gasteiger partial charge in [-0.15, -0.1) is 0 Å². The topological polar surface area (TPSA) is 57.2 Å². The highest BCUT2D eigenvalue weighted by molar-refractivity contribution is 7.85. The second-order valence-corrected chi connectivity index (χ2v) is 4.28. The lowest BCUT2D eigenvalue weighted by molar-refractivity contribution is -0.137. The molecule has 1 rings (SSSR count). The molecule has 0 spiro atoms. The van der Waals surface area contributed by atoms with Crippen LogP contribution >= 0.6 is 0 Å². The highest BCUT2D eigenvalue weighted by Crippen LogP contribution is 2.31. The molecule has 15 heavy (non-hydrogen) atoms. The van der Waals surface area contributed by atoms with Crippen molar-refractivity contribution in [1.29, 1.82) is 0 Å². The van der Waals surface area contributed by atoms with Crippen LogP contribution in [0.4, 0.5) is 13.2 Å². The van der Waals surface area contributed by atoms with E-state index in [1.165, 1.54) is 0 Å². The van der Waals surface area contributed by atoms with E-state index in [4.69, 9.17) is 0 Å². The number of aryl methyl sites for hydroxylation is 1. The summed E-state index contributed by atoms with van der Waals surface area (Å²) in [4.78, 5) is -0.629. The predicted octanol–water partition coefficient (Wildman–Crippen LogP) is 1.92. The van der Waals surface area contributed by atoms with Gasteiger partial charge in [0.25, 0.3) is 0 Å². The van der Waals surface area contributed by atoms with E-state index >= 15 is 0 Å². The summed E-state index contributed by atoms with van der Waals surface area (Å²) in [5, 5.41) is 0. The van der Waals surface area contributed by atoms with Crippen molar-refractivity contribution in [3.8, 4) is 0 Å². The smallest absolute Gasteiger partial charge is 0.416 e. The van der Waals surface area contributed by atoms with Gasteiger partial charge in [0.05, 0.1) is 10.5 Å². The first kappa shape index (κ1) is 12.0. The lowest BCUT2D eigenvalue weighted by atomic mass is 10.1. The van der Waals surface area contributed by atoms with Gasteiger partial charge in [-0.2, -0.15) is 13.2 Å². The Hall–Kier alpha value is -1.08. The van der Waals surface area contributed by atoms with Gasteiger partial charge in [0.1, 0.15) is 10.1 Å². The molecule has 84 valence electrons. The minimum absolute atomic E-state index is 0.208. The number of hydrogen-bond acceptors (Lipinski definition) is 3. The van der Waals surface area contributed by atoms with Crippen molar-refractivity contribution in [3.63, 3.8) is 0 Å². The molecule has 0 saturated heterocycles. The number of benzene rings is 1. The Labute approximate surface area is 84.3 Å². The quantitative estimate of drug-likeness (QED) is 0.703. The van der Waals surface area contributed by atoms with Gasteiger partial charge in [0, 0.05) is 0 Å². The Kier molecular flexibility index (Phi) is 2.79. The Morgan fingerprint density at radius 1 is 1.27 bits per heavy atom. The summed E-state index contributed by atoms with van der Waals surface area (Å²) in [6, 6.07) is 1.86. The molecular weight excluding hydrogens is 233 g/mol. The van der Waals surface area contributed by atoms with Crippen LogP contribution in [-0.2, 0) is 16.3 Å². The van der Waals surface area contributed by atoms with Crippen molar-refractivity contribution >= 4 is 10.1 Å². The summed E-state index contributed by atoms with van der Waals surface area (Å²) in [5.41, 5.74) is -1.19. The first-order valence-electron chi connectivity index (χ1n) is 3.76. The van der Waals surface area contributed by atoms with Crippen LogP contribution in [0.3, 0.4) is 0 Å². The van der Waals surface area contributed by atoms with E-state index in [0.717, 1.165) is 6.92 Å². The molecular formula is C8H6F3O3S-. The predicted molar refractivity (Wildman–Crippen MR) is 44.1 cm³/mol. The van der Waals surface area contributed by atoms with Crippen molar-refractivity contribution < 1.29 is 26.1 Å². The first-order chi connectivity index (χ1) is 6.62. The second kappa shape index (κ2) is 3.49. The normalized spacial score (nSPS) is 12.9. The van der Waals surface area contributed by atoms with Crippen LogP contribution in [0.1, 0.15) is 11.1 Å². The molecule has 0 unspecified atom stereocenters. The molecule has 0 fully saturated rings. The van der Waals surface area contributed by atoms with Crippen molar-refractivity contribution in [2.45, 2.75) is 18.0 Å². The Bertz CT molecular complexity index is 476. The Morgan fingerprint density at radius 2 is 1.80 bits per heavy atom. The van der Waals surface area contributed by atoms with Crippen molar-refractivity contribution in [2.24, 2.45) is 0 Å². The molecule has 0 aliphatic rings. The first-order valence-corrected chi connectivity index (χ1v) is 5.17. The molecule has 0 N–H and O–H groups in total. The van der Waals surface area contributed by atoms with Crippen LogP contribution < -0.4 is 0 Å². The van der Waals surface area contributed by atoms with E-state index in [1.54, 1.807) is 0 Å². The van der Waals surface area contributed by atoms with Gasteiger partial charge in [-0.3, -0.25) is 0 Å². The SMILES string of the molecule is Cc1cc(C(F)(F)F)ccc1S(=O)(=O)[O-]. The van der Waals surface area contributed by atoms with Gasteiger partial charge in [0.2, 0.25) is 0 Å². The lowest BCUT2D eigenvalue weighted by Crippen LogP contribution is -2.08. The molecule has 0 radical (unpaired) electrons. The van der Waals surface area contributed by atoms with Crippen LogP contribution in [0.5, 0.6) is 0 Å². The molecule has 1 aromatic carbocycles. The van der Waals surface area contributed by atoms with Crippen LogP contribution in [0.15, 0.2) is 23.1 Å². The Balaban J connectivity index is 3.34. The van der Waals surface area contributed by atoms with E-state index in [2.05, 4.69) is 0 Å². The van der Waals surface area contributed by atoms with E-state index in [9.17, 15) is 26.1 Å². The molecule has 0 saturated carbocycles. The molecule has 0 aromatic heterocycles. The molecule has 0 aliphatic carbocycles. The second-order valence-electron chi connectivity index (χ2n) is 2.93. The van der Waals surface area contributed by atoms with Crippen molar-refractivity contribution in [3.05, 3.63) is 29.3 Å². The summed E-state index contributed by atoms with van der Waals surface area (Å²) in [5.74, 6) is 0. The Morgan fingerprint density at radius 3 is 2.13 bits per heavy atom. The van der Waals surface area contributed by atoms with Crippen molar-refractivity contribution in [2.75, 3.05) is 0 Å². The van der Waals surface area contributed by atoms with E-state index < -0.39 is 26.8 Å². The molecule has 7 heteroatoms. The molecule has 3 nitrogen and oxygen atoms in total. The molecule has 0 bridgehead atoms. The molecule has 1 aromatic rings. The third-order valence-corrected chi connectivity index (χ3v) is 2.77. The fraction of sp³-hybridized carbons (Fsp3) is 0.250. The van der Waals surface area contributed by atoms with Crippen LogP contribution in [0, 0.1) is 6.92 Å². The van der Waals surface area contributed by atoms with Crippen LogP contribution in [0.2, 0.25) is 0 Å². The maximum Gasteiger partial charge on any atom is 0.416 e. The number of hydrogen-bond donors (Lipinski definition) is 0. The maximum absolute atomic E-state index is 12.2. The van der Waals surface area contributed by atoms with Crippen LogP contribution in [0.25, 0.3) is 0 Å².